The molecule has 0 aliphatic carbocycles. The maximum absolute atomic E-state index is 12.4. The van der Waals surface area contributed by atoms with E-state index >= 15 is 0 Å². The fraction of sp³-hybridized carbons (Fsp3) is 0.556. The molecule has 1 atom stereocenters. The number of quaternary nitrogens is 2. The second-order valence-corrected chi connectivity index (χ2v) is 8.06. The van der Waals surface area contributed by atoms with Gasteiger partial charge in [0.05, 0.1) is 26.1 Å². The van der Waals surface area contributed by atoms with Gasteiger partial charge in [-0.25, -0.2) is 4.79 Å². The Bertz CT molecular complexity index is 681. The van der Waals surface area contributed by atoms with E-state index in [2.05, 4.69) is 12.1 Å². The van der Waals surface area contributed by atoms with Crippen molar-refractivity contribution < 1.29 is 48.9 Å². The van der Waals surface area contributed by atoms with Crippen LogP contribution in [0, 0.1) is 0 Å². The van der Waals surface area contributed by atoms with Crippen LogP contribution in [0.3, 0.4) is 0 Å². The van der Waals surface area contributed by atoms with Crippen LogP contribution < -0.4 is 39.4 Å². The van der Waals surface area contributed by atoms with Gasteiger partial charge in [-0.15, -0.1) is 11.8 Å². The monoisotopic (exact) mass is 448 g/mol. The number of fused-ring (bicyclic) bond motifs is 1. The summed E-state index contributed by atoms with van der Waals surface area (Å²) in [5.41, 5.74) is 1.22. The van der Waals surface area contributed by atoms with Gasteiger partial charge < -0.3 is 39.4 Å². The highest BCUT2D eigenvalue weighted by atomic mass is 35.5. The minimum absolute atomic E-state index is 0. The van der Waals surface area contributed by atoms with E-state index in [-0.39, 0.29) is 42.8 Å². The zero-order valence-electron chi connectivity index (χ0n) is 15.8. The molecule has 0 spiro atoms. The van der Waals surface area contributed by atoms with Crippen molar-refractivity contribution in [2.45, 2.75) is 6.04 Å². The summed E-state index contributed by atoms with van der Waals surface area (Å²) in [6.07, 6.45) is 0. The van der Waals surface area contributed by atoms with Crippen molar-refractivity contribution in [3.05, 3.63) is 24.3 Å². The average molecular weight is 449 g/mol. The van der Waals surface area contributed by atoms with E-state index in [1.165, 1.54) is 20.4 Å². The number of rotatable bonds is 5. The number of carbonyl (C=O) groups is 2. The Kier molecular flexibility index (Phi) is 8.27. The highest BCUT2D eigenvalue weighted by molar-refractivity contribution is 7.99. The second kappa shape index (κ2) is 10.0. The summed E-state index contributed by atoms with van der Waals surface area (Å²) in [7, 11) is 1.72. The molecule has 3 saturated heterocycles. The van der Waals surface area contributed by atoms with Crippen LogP contribution in [0.5, 0.6) is 5.75 Å². The third-order valence-electron chi connectivity index (χ3n) is 5.65. The Balaban J connectivity index is 0.00000140. The number of nitrogens with zero attached hydrogens (tertiary/aromatic N) is 2. The van der Waals surface area contributed by atoms with Crippen LogP contribution in [0.25, 0.3) is 0 Å². The summed E-state index contributed by atoms with van der Waals surface area (Å²) in [5.74, 6) is 2.34. The van der Waals surface area contributed by atoms with E-state index in [1.54, 1.807) is 23.8 Å². The normalized spacial score (nSPS) is 26.5. The number of amides is 3. The Hall–Kier alpha value is -1.19. The van der Waals surface area contributed by atoms with Crippen molar-refractivity contribution in [3.8, 4) is 5.75 Å². The number of imide groups is 1. The third kappa shape index (κ3) is 4.36. The van der Waals surface area contributed by atoms with Gasteiger partial charge in [0.2, 0.25) is 0 Å². The topological polar surface area (TPSA) is 58.7 Å². The molecule has 28 heavy (non-hydrogen) atoms. The lowest BCUT2D eigenvalue weighted by Crippen LogP contribution is -3.26. The fourth-order valence-electron chi connectivity index (χ4n) is 4.10. The molecule has 7 nitrogen and oxygen atoms in total. The number of urea groups is 1. The number of carbonyl (C=O) groups excluding carboxylic acids is 2. The number of nitrogens with one attached hydrogen (secondary N) is 2. The van der Waals surface area contributed by atoms with Crippen molar-refractivity contribution in [1.82, 2.24) is 9.80 Å². The van der Waals surface area contributed by atoms with Crippen LogP contribution in [0.15, 0.2) is 24.3 Å². The molecule has 0 radical (unpaired) electrons. The lowest BCUT2D eigenvalue weighted by Gasteiger charge is -2.30. The number of para-hydroxylation sites is 2. The van der Waals surface area contributed by atoms with Crippen molar-refractivity contribution >= 4 is 29.4 Å². The van der Waals surface area contributed by atoms with E-state index in [1.807, 2.05) is 12.1 Å². The first kappa shape index (κ1) is 23.1. The van der Waals surface area contributed by atoms with Crippen LogP contribution in [-0.4, -0.2) is 85.8 Å². The molecule has 1 aromatic carbocycles. The lowest BCUT2D eigenvalue weighted by molar-refractivity contribution is -0.986. The lowest BCUT2D eigenvalue weighted by atomic mass is 10.2. The first-order valence-corrected chi connectivity index (χ1v) is 10.4. The average Bonchev–Trinajstić information content (AvgIpc) is 3.25. The zero-order valence-corrected chi connectivity index (χ0v) is 18.2. The number of benzene rings is 1. The third-order valence-corrected chi connectivity index (χ3v) is 6.66. The highest BCUT2D eigenvalue weighted by Crippen LogP contribution is 2.28. The number of ether oxygens (including phenoxy) is 1. The summed E-state index contributed by atoms with van der Waals surface area (Å²) in [6.45, 7) is 5.50. The van der Waals surface area contributed by atoms with Crippen molar-refractivity contribution in [2.24, 2.45) is 0 Å². The molecular formula is C18H26Cl2N4O3S. The minimum atomic E-state index is -0.214. The molecule has 10 heteroatoms. The van der Waals surface area contributed by atoms with E-state index in [9.17, 15) is 9.59 Å². The summed E-state index contributed by atoms with van der Waals surface area (Å²) in [5, 5.41) is 0. The van der Waals surface area contributed by atoms with Gasteiger partial charge in [0.15, 0.2) is 11.4 Å². The highest BCUT2D eigenvalue weighted by Gasteiger charge is 2.47. The standard InChI is InChI=1S/C18H24N4O3S.2ClH/c1-25-16-5-3-2-4-14(16)20-9-6-19(7-10-20)8-11-21-17(23)15-12-26-13-22(15)18(21)24;;/h2-5,15H,6-13H2,1H3;2*1H. The molecule has 1 aromatic rings. The molecule has 3 aliphatic heterocycles. The Morgan fingerprint density at radius 1 is 1.14 bits per heavy atom. The summed E-state index contributed by atoms with van der Waals surface area (Å²) < 4.78 is 5.48. The van der Waals surface area contributed by atoms with Crippen molar-refractivity contribution in [3.63, 3.8) is 0 Å². The van der Waals surface area contributed by atoms with Gasteiger partial charge in [-0.2, -0.15) is 0 Å². The van der Waals surface area contributed by atoms with Crippen LogP contribution in [0.2, 0.25) is 0 Å². The van der Waals surface area contributed by atoms with Crippen LogP contribution >= 0.6 is 11.8 Å². The van der Waals surface area contributed by atoms with Crippen molar-refractivity contribution in [2.75, 3.05) is 58.0 Å². The Labute approximate surface area is 182 Å². The quantitative estimate of drug-likeness (QED) is 0.439. The summed E-state index contributed by atoms with van der Waals surface area (Å²) in [6, 6.07) is 7.89. The summed E-state index contributed by atoms with van der Waals surface area (Å²) in [4.78, 5) is 30.9. The van der Waals surface area contributed by atoms with E-state index < -0.39 is 0 Å². The summed E-state index contributed by atoms with van der Waals surface area (Å²) >= 11 is 1.66. The zero-order chi connectivity index (χ0) is 18.1. The van der Waals surface area contributed by atoms with E-state index in [0.29, 0.717) is 12.4 Å². The number of thioether (sulfide) groups is 1. The maximum atomic E-state index is 12.4. The molecule has 156 valence electrons. The minimum Gasteiger partial charge on any atom is -1.00 e. The molecule has 3 fully saturated rings. The van der Waals surface area contributed by atoms with Gasteiger partial charge in [-0.1, -0.05) is 12.1 Å². The van der Waals surface area contributed by atoms with Gasteiger partial charge >= 0.3 is 6.03 Å². The van der Waals surface area contributed by atoms with Gasteiger partial charge in [-0.3, -0.25) is 14.6 Å². The number of methoxy groups -OCH3 is 1. The first-order valence-electron chi connectivity index (χ1n) is 9.20. The van der Waals surface area contributed by atoms with Gasteiger partial charge in [0.1, 0.15) is 32.2 Å². The van der Waals surface area contributed by atoms with Gasteiger partial charge in [0.25, 0.3) is 5.91 Å². The van der Waals surface area contributed by atoms with Crippen LogP contribution in [0.4, 0.5) is 10.5 Å². The smallest absolute Gasteiger partial charge is 0.328 e. The Morgan fingerprint density at radius 3 is 2.54 bits per heavy atom. The number of hydrogen-bond donors (Lipinski definition) is 2. The van der Waals surface area contributed by atoms with Gasteiger partial charge in [-0.05, 0) is 6.07 Å². The van der Waals surface area contributed by atoms with Crippen LogP contribution in [0.1, 0.15) is 0 Å². The number of piperazine rings is 1. The molecule has 1 unspecified atom stereocenters. The molecule has 4 rings (SSSR count). The molecule has 3 heterocycles. The SMILES string of the molecule is COc1ccccc1[NH+]1CC[NH+](CCN2C(=O)C3CSCN3C2=O)CC1.[Cl-].[Cl-]. The number of halogens is 2. The molecule has 3 aliphatic rings. The van der Waals surface area contributed by atoms with Gasteiger partial charge in [0, 0.05) is 11.8 Å². The predicted octanol–water partition coefficient (Wildman–Crippen LogP) is -7.54. The van der Waals surface area contributed by atoms with E-state index in [0.717, 1.165) is 44.2 Å². The Morgan fingerprint density at radius 2 is 1.86 bits per heavy atom. The maximum Gasteiger partial charge on any atom is 0.328 e. The molecule has 0 saturated carbocycles. The molecule has 0 bridgehead atoms. The molecule has 0 aromatic heterocycles. The van der Waals surface area contributed by atoms with E-state index in [4.69, 9.17) is 4.74 Å². The second-order valence-electron chi connectivity index (χ2n) is 7.06. The van der Waals surface area contributed by atoms with Crippen LogP contribution in [-0.2, 0) is 4.79 Å². The number of hydrogen-bond acceptors (Lipinski definition) is 4. The first-order chi connectivity index (χ1) is 12.7. The predicted molar refractivity (Wildman–Crippen MR) is 99.0 cm³/mol. The molecular weight excluding hydrogens is 423 g/mol. The molecule has 3 amide bonds. The van der Waals surface area contributed by atoms with Crippen molar-refractivity contribution in [1.29, 1.82) is 0 Å². The fourth-order valence-corrected chi connectivity index (χ4v) is 5.24. The molecule has 2 N–H and O–H groups in total. The largest absolute Gasteiger partial charge is 1.00 e.